The van der Waals surface area contributed by atoms with E-state index in [-0.39, 0.29) is 1.43 Å². The van der Waals surface area contributed by atoms with Crippen LogP contribution in [0.15, 0.2) is 53.6 Å². The van der Waals surface area contributed by atoms with Gasteiger partial charge in [-0.05, 0) is 69.1 Å². The number of para-hydroxylation sites is 2. The molecule has 2 aliphatic rings. The quantitative estimate of drug-likeness (QED) is 0.734. The maximum absolute atomic E-state index is 4.67. The maximum atomic E-state index is 4.67. The van der Waals surface area contributed by atoms with Gasteiger partial charge in [0, 0.05) is 1.43 Å². The SMILES string of the molecule is C1=CC(CC2CCC(=Cc3nc4ccccc4[nH]3)CC2)=CCC1.[HH]. The minimum atomic E-state index is 0. The molecule has 0 atom stereocenters. The lowest BCUT2D eigenvalue weighted by molar-refractivity contribution is 0.409. The molecule has 0 aliphatic heterocycles. The van der Waals surface area contributed by atoms with E-state index in [9.17, 15) is 0 Å². The lowest BCUT2D eigenvalue weighted by Gasteiger charge is -2.24. The fraction of sp³-hybridized carbons (Fsp3) is 0.381. The van der Waals surface area contributed by atoms with Crippen molar-refractivity contribution in [3.8, 4) is 0 Å². The molecule has 0 spiro atoms. The van der Waals surface area contributed by atoms with Gasteiger partial charge in [0.05, 0.1) is 11.0 Å². The summed E-state index contributed by atoms with van der Waals surface area (Å²) in [6.45, 7) is 0. The Morgan fingerprint density at radius 3 is 2.83 bits per heavy atom. The molecule has 2 aromatic rings. The van der Waals surface area contributed by atoms with Gasteiger partial charge in [0.1, 0.15) is 5.82 Å². The van der Waals surface area contributed by atoms with Crippen molar-refractivity contribution in [3.63, 3.8) is 0 Å². The highest BCUT2D eigenvalue weighted by molar-refractivity contribution is 5.76. The van der Waals surface area contributed by atoms with Crippen LogP contribution in [-0.2, 0) is 0 Å². The zero-order valence-electron chi connectivity index (χ0n) is 13.6. The van der Waals surface area contributed by atoms with Crippen molar-refractivity contribution in [2.75, 3.05) is 0 Å². The highest BCUT2D eigenvalue weighted by atomic mass is 14.9. The summed E-state index contributed by atoms with van der Waals surface area (Å²) in [5.74, 6) is 1.87. The first kappa shape index (κ1) is 14.5. The minimum absolute atomic E-state index is 0. The van der Waals surface area contributed by atoms with Crippen LogP contribution in [-0.4, -0.2) is 9.97 Å². The summed E-state index contributed by atoms with van der Waals surface area (Å²) in [5, 5.41) is 0. The number of nitrogens with zero attached hydrogens (tertiary/aromatic N) is 1. The summed E-state index contributed by atoms with van der Waals surface area (Å²) in [5.41, 5.74) is 5.30. The lowest BCUT2D eigenvalue weighted by atomic mass is 9.81. The van der Waals surface area contributed by atoms with Crippen LogP contribution in [0, 0.1) is 5.92 Å². The van der Waals surface area contributed by atoms with Crippen molar-refractivity contribution in [3.05, 3.63) is 59.5 Å². The Bertz CT molecular complexity index is 739. The van der Waals surface area contributed by atoms with Crippen LogP contribution < -0.4 is 0 Å². The van der Waals surface area contributed by atoms with Gasteiger partial charge >= 0.3 is 0 Å². The Labute approximate surface area is 139 Å². The molecule has 2 aliphatic carbocycles. The van der Waals surface area contributed by atoms with Gasteiger partial charge in [-0.1, -0.05) is 41.5 Å². The average Bonchev–Trinajstić information content (AvgIpc) is 3.00. The maximum Gasteiger partial charge on any atom is 0.131 e. The van der Waals surface area contributed by atoms with Gasteiger partial charge in [-0.3, -0.25) is 0 Å². The molecule has 2 heteroatoms. The van der Waals surface area contributed by atoms with Gasteiger partial charge in [-0.15, -0.1) is 0 Å². The number of imidazole rings is 1. The number of aromatic amines is 1. The molecular formula is C21H26N2. The number of hydrogen-bond acceptors (Lipinski definition) is 1. The highest BCUT2D eigenvalue weighted by Gasteiger charge is 2.18. The molecule has 1 aromatic carbocycles. The van der Waals surface area contributed by atoms with Gasteiger partial charge in [0.15, 0.2) is 0 Å². The molecule has 0 unspecified atom stereocenters. The molecule has 0 saturated heterocycles. The largest absolute Gasteiger partial charge is 0.338 e. The lowest BCUT2D eigenvalue weighted by Crippen LogP contribution is -2.09. The molecule has 1 saturated carbocycles. The molecule has 1 aromatic heterocycles. The molecule has 0 radical (unpaired) electrons. The number of nitrogens with one attached hydrogen (secondary N) is 1. The molecule has 1 heterocycles. The Hall–Kier alpha value is -2.09. The fourth-order valence-electron chi connectivity index (χ4n) is 3.78. The van der Waals surface area contributed by atoms with E-state index < -0.39 is 0 Å². The summed E-state index contributed by atoms with van der Waals surface area (Å²) >= 11 is 0. The van der Waals surface area contributed by atoms with Gasteiger partial charge in [0.25, 0.3) is 0 Å². The van der Waals surface area contributed by atoms with Crippen molar-refractivity contribution in [1.29, 1.82) is 0 Å². The molecule has 0 amide bonds. The molecule has 1 N–H and O–H groups in total. The third-order valence-corrected chi connectivity index (χ3v) is 5.09. The Morgan fingerprint density at radius 1 is 1.17 bits per heavy atom. The monoisotopic (exact) mass is 306 g/mol. The minimum Gasteiger partial charge on any atom is -0.338 e. The van der Waals surface area contributed by atoms with Crippen molar-refractivity contribution >= 4 is 17.1 Å². The van der Waals surface area contributed by atoms with E-state index in [1.54, 1.807) is 11.1 Å². The molecule has 4 rings (SSSR count). The third-order valence-electron chi connectivity index (χ3n) is 5.09. The summed E-state index contributed by atoms with van der Waals surface area (Å²) < 4.78 is 0. The first-order valence-electron chi connectivity index (χ1n) is 8.86. The summed E-state index contributed by atoms with van der Waals surface area (Å²) in [6.07, 6.45) is 18.2. The predicted octanol–water partition coefficient (Wildman–Crippen LogP) is 6.05. The van der Waals surface area contributed by atoms with E-state index in [1.807, 2.05) is 6.07 Å². The van der Waals surface area contributed by atoms with Crippen LogP contribution in [0.2, 0.25) is 0 Å². The van der Waals surface area contributed by atoms with Crippen molar-refractivity contribution < 1.29 is 1.43 Å². The van der Waals surface area contributed by atoms with E-state index in [1.165, 1.54) is 44.9 Å². The number of rotatable bonds is 3. The van der Waals surface area contributed by atoms with Crippen LogP contribution in [0.1, 0.15) is 52.2 Å². The molecule has 1 fully saturated rings. The summed E-state index contributed by atoms with van der Waals surface area (Å²) in [4.78, 5) is 8.08. The van der Waals surface area contributed by atoms with E-state index >= 15 is 0 Å². The number of fused-ring (bicyclic) bond motifs is 1. The number of benzene rings is 1. The standard InChI is InChI=1S/C21H24N2.H2/c1-2-6-16(7-3-1)14-17-10-12-18(13-11-17)15-21-22-19-8-4-5-9-20(19)23-21;/h2,4-9,15,17H,1,3,10-14H2,(H,22,23);1H. The van der Waals surface area contributed by atoms with Gasteiger partial charge in [0.2, 0.25) is 0 Å². The van der Waals surface area contributed by atoms with E-state index in [2.05, 4.69) is 52.5 Å². The number of H-pyrrole nitrogens is 1. The summed E-state index contributed by atoms with van der Waals surface area (Å²) in [7, 11) is 0. The van der Waals surface area contributed by atoms with E-state index in [4.69, 9.17) is 0 Å². The molecule has 0 bridgehead atoms. The van der Waals surface area contributed by atoms with Gasteiger partial charge in [-0.2, -0.15) is 0 Å². The highest BCUT2D eigenvalue weighted by Crippen LogP contribution is 2.34. The molecule has 2 nitrogen and oxygen atoms in total. The van der Waals surface area contributed by atoms with Crippen LogP contribution in [0.4, 0.5) is 0 Å². The second-order valence-corrected chi connectivity index (χ2v) is 6.85. The normalized spacial score (nSPS) is 21.5. The van der Waals surface area contributed by atoms with Crippen LogP contribution in [0.25, 0.3) is 17.1 Å². The first-order valence-corrected chi connectivity index (χ1v) is 8.86. The van der Waals surface area contributed by atoms with Crippen molar-refractivity contribution in [2.24, 2.45) is 5.92 Å². The number of hydrogen-bond donors (Lipinski definition) is 1. The number of allylic oxidation sites excluding steroid dienone is 5. The Balaban J connectivity index is 0.00000169. The summed E-state index contributed by atoms with van der Waals surface area (Å²) in [6, 6.07) is 8.25. The second-order valence-electron chi connectivity index (χ2n) is 6.85. The molecule has 23 heavy (non-hydrogen) atoms. The number of aromatic nitrogens is 2. The Morgan fingerprint density at radius 2 is 2.04 bits per heavy atom. The van der Waals surface area contributed by atoms with Crippen LogP contribution >= 0.6 is 0 Å². The molecule has 120 valence electrons. The smallest absolute Gasteiger partial charge is 0.131 e. The predicted molar refractivity (Wildman–Crippen MR) is 99.2 cm³/mol. The Kier molecular flexibility index (Phi) is 4.14. The van der Waals surface area contributed by atoms with Crippen molar-refractivity contribution in [2.45, 2.75) is 44.9 Å². The topological polar surface area (TPSA) is 28.7 Å². The van der Waals surface area contributed by atoms with E-state index in [0.29, 0.717) is 0 Å². The fourth-order valence-corrected chi connectivity index (χ4v) is 3.78. The van der Waals surface area contributed by atoms with E-state index in [0.717, 1.165) is 22.8 Å². The van der Waals surface area contributed by atoms with Gasteiger partial charge in [-0.25, -0.2) is 4.98 Å². The van der Waals surface area contributed by atoms with Crippen LogP contribution in [0.5, 0.6) is 0 Å². The zero-order chi connectivity index (χ0) is 15.5. The first-order chi connectivity index (χ1) is 11.4. The third kappa shape index (κ3) is 3.47. The molecular weight excluding hydrogens is 280 g/mol. The van der Waals surface area contributed by atoms with Gasteiger partial charge < -0.3 is 4.98 Å². The van der Waals surface area contributed by atoms with Crippen LogP contribution in [0.3, 0.4) is 0 Å². The van der Waals surface area contributed by atoms with Crippen molar-refractivity contribution in [1.82, 2.24) is 9.97 Å². The zero-order valence-corrected chi connectivity index (χ0v) is 13.6. The average molecular weight is 306 g/mol. The second kappa shape index (κ2) is 6.57.